The summed E-state index contributed by atoms with van der Waals surface area (Å²) in [7, 11) is 1.64. The van der Waals surface area contributed by atoms with Crippen LogP contribution in [-0.4, -0.2) is 46.3 Å². The van der Waals surface area contributed by atoms with Crippen LogP contribution in [-0.2, 0) is 13.0 Å². The number of pyridine rings is 2. The van der Waals surface area contributed by atoms with E-state index in [0.717, 1.165) is 25.1 Å². The highest BCUT2D eigenvalue weighted by molar-refractivity contribution is 5.25. The van der Waals surface area contributed by atoms with E-state index >= 15 is 0 Å². The van der Waals surface area contributed by atoms with Crippen molar-refractivity contribution in [3.63, 3.8) is 0 Å². The first kappa shape index (κ1) is 14.9. The van der Waals surface area contributed by atoms with E-state index in [0.29, 0.717) is 12.4 Å². The van der Waals surface area contributed by atoms with E-state index in [1.807, 2.05) is 24.3 Å². The Balaban J connectivity index is 1.63. The molecule has 3 rings (SSSR count). The molecule has 116 valence electrons. The van der Waals surface area contributed by atoms with Crippen LogP contribution in [0.5, 0.6) is 5.88 Å². The van der Waals surface area contributed by atoms with Crippen molar-refractivity contribution in [1.29, 1.82) is 0 Å². The Kier molecular flexibility index (Phi) is 4.65. The van der Waals surface area contributed by atoms with Gasteiger partial charge in [-0.25, -0.2) is 4.98 Å². The zero-order chi connectivity index (χ0) is 15.4. The topological polar surface area (TPSA) is 58.5 Å². The Morgan fingerprint density at radius 1 is 1.23 bits per heavy atom. The molecule has 0 aliphatic carbocycles. The van der Waals surface area contributed by atoms with Gasteiger partial charge in [0.2, 0.25) is 5.88 Å². The largest absolute Gasteiger partial charge is 0.481 e. The first-order valence-corrected chi connectivity index (χ1v) is 7.53. The zero-order valence-corrected chi connectivity index (χ0v) is 12.7. The number of methoxy groups -OCH3 is 1. The van der Waals surface area contributed by atoms with Crippen molar-refractivity contribution in [3.05, 3.63) is 54.0 Å². The number of likely N-dealkylation sites (tertiary alicyclic amines) is 1. The van der Waals surface area contributed by atoms with Crippen LogP contribution in [0.15, 0.2) is 42.9 Å². The lowest BCUT2D eigenvalue weighted by Crippen LogP contribution is -2.21. The third-order valence-electron chi connectivity index (χ3n) is 4.17. The van der Waals surface area contributed by atoms with Gasteiger partial charge in [0, 0.05) is 49.7 Å². The quantitative estimate of drug-likeness (QED) is 0.907. The molecule has 0 unspecified atom stereocenters. The molecule has 1 fully saturated rings. The van der Waals surface area contributed by atoms with Crippen molar-refractivity contribution in [2.24, 2.45) is 5.92 Å². The fourth-order valence-corrected chi connectivity index (χ4v) is 3.06. The number of ether oxygens (including phenoxy) is 1. The lowest BCUT2D eigenvalue weighted by atomic mass is 9.97. The maximum absolute atomic E-state index is 10.3. The summed E-state index contributed by atoms with van der Waals surface area (Å²) in [6.45, 7) is 2.32. The second-order valence-corrected chi connectivity index (χ2v) is 5.75. The van der Waals surface area contributed by atoms with E-state index < -0.39 is 0 Å². The van der Waals surface area contributed by atoms with Gasteiger partial charge in [0.25, 0.3) is 0 Å². The molecule has 0 saturated carbocycles. The average molecular weight is 299 g/mol. The molecule has 0 amide bonds. The van der Waals surface area contributed by atoms with Crippen molar-refractivity contribution in [2.75, 3.05) is 20.2 Å². The number of aromatic nitrogens is 2. The monoisotopic (exact) mass is 299 g/mol. The van der Waals surface area contributed by atoms with Gasteiger partial charge in [0.1, 0.15) is 0 Å². The number of β-amino-alcohol motifs (C(OH)–C–C–N with tert-alkyl or cyclic N) is 1. The number of nitrogens with zero attached hydrogens (tertiary/aromatic N) is 3. The SMILES string of the molecule is COc1ncccc1CN1C[C@@H](Cc2ccncc2)[C@H](O)C1. The molecule has 1 N–H and O–H groups in total. The summed E-state index contributed by atoms with van der Waals surface area (Å²) in [5.74, 6) is 0.916. The van der Waals surface area contributed by atoms with Crippen molar-refractivity contribution in [1.82, 2.24) is 14.9 Å². The summed E-state index contributed by atoms with van der Waals surface area (Å²) >= 11 is 0. The van der Waals surface area contributed by atoms with E-state index in [9.17, 15) is 5.11 Å². The molecule has 2 atom stereocenters. The van der Waals surface area contributed by atoms with E-state index in [-0.39, 0.29) is 12.0 Å². The third-order valence-corrected chi connectivity index (χ3v) is 4.17. The zero-order valence-electron chi connectivity index (χ0n) is 12.7. The molecule has 0 spiro atoms. The highest BCUT2D eigenvalue weighted by Crippen LogP contribution is 2.25. The van der Waals surface area contributed by atoms with Gasteiger partial charge in [-0.1, -0.05) is 6.07 Å². The molecular formula is C17H21N3O2. The summed E-state index contributed by atoms with van der Waals surface area (Å²) in [5.41, 5.74) is 2.28. The molecule has 3 heterocycles. The van der Waals surface area contributed by atoms with Gasteiger partial charge in [0.05, 0.1) is 13.2 Å². The van der Waals surface area contributed by atoms with Gasteiger partial charge < -0.3 is 9.84 Å². The van der Waals surface area contributed by atoms with E-state index in [4.69, 9.17) is 4.74 Å². The predicted molar refractivity (Wildman–Crippen MR) is 83.5 cm³/mol. The van der Waals surface area contributed by atoms with Crippen LogP contribution in [0.2, 0.25) is 0 Å². The number of hydrogen-bond donors (Lipinski definition) is 1. The second-order valence-electron chi connectivity index (χ2n) is 5.75. The lowest BCUT2D eigenvalue weighted by molar-refractivity contribution is 0.141. The van der Waals surface area contributed by atoms with Gasteiger partial charge in [-0.05, 0) is 30.2 Å². The molecule has 5 nitrogen and oxygen atoms in total. The predicted octanol–water partition coefficient (Wildman–Crippen LogP) is 1.52. The number of hydrogen-bond acceptors (Lipinski definition) is 5. The minimum Gasteiger partial charge on any atom is -0.481 e. The van der Waals surface area contributed by atoms with Crippen LogP contribution in [0.4, 0.5) is 0 Å². The van der Waals surface area contributed by atoms with Gasteiger partial charge in [-0.3, -0.25) is 9.88 Å². The summed E-state index contributed by atoms with van der Waals surface area (Å²) in [6.07, 6.45) is 5.91. The molecule has 2 aromatic heterocycles. The molecule has 1 aliphatic heterocycles. The van der Waals surface area contributed by atoms with Crippen LogP contribution in [0, 0.1) is 5.92 Å². The Morgan fingerprint density at radius 3 is 2.82 bits per heavy atom. The Morgan fingerprint density at radius 2 is 2.05 bits per heavy atom. The van der Waals surface area contributed by atoms with Crippen LogP contribution in [0.25, 0.3) is 0 Å². The first-order chi connectivity index (χ1) is 10.8. The van der Waals surface area contributed by atoms with Crippen LogP contribution < -0.4 is 4.74 Å². The number of rotatable bonds is 5. The molecular weight excluding hydrogens is 278 g/mol. The Labute approximate surface area is 130 Å². The summed E-state index contributed by atoms with van der Waals surface area (Å²) in [6, 6.07) is 7.96. The molecule has 0 aromatic carbocycles. The molecule has 2 aromatic rings. The van der Waals surface area contributed by atoms with Gasteiger partial charge in [-0.15, -0.1) is 0 Å². The smallest absolute Gasteiger partial charge is 0.217 e. The average Bonchev–Trinajstić information content (AvgIpc) is 2.88. The molecule has 1 saturated heterocycles. The van der Waals surface area contributed by atoms with Crippen molar-refractivity contribution >= 4 is 0 Å². The van der Waals surface area contributed by atoms with Crippen molar-refractivity contribution in [3.8, 4) is 5.88 Å². The van der Waals surface area contributed by atoms with Gasteiger partial charge in [0.15, 0.2) is 0 Å². The van der Waals surface area contributed by atoms with E-state index in [2.05, 4.69) is 14.9 Å². The first-order valence-electron chi connectivity index (χ1n) is 7.53. The summed E-state index contributed by atoms with van der Waals surface area (Å²) in [5, 5.41) is 10.3. The molecule has 1 aliphatic rings. The normalized spacial score (nSPS) is 21.9. The standard InChI is InChI=1S/C17H21N3O2/c1-22-17-14(3-2-6-19-17)10-20-11-15(16(21)12-20)9-13-4-7-18-8-5-13/h2-8,15-16,21H,9-12H2,1H3/t15-,16-/m1/s1. The molecule has 0 radical (unpaired) electrons. The Bertz CT molecular complexity index is 606. The van der Waals surface area contributed by atoms with Crippen molar-refractivity contribution < 1.29 is 9.84 Å². The highest BCUT2D eigenvalue weighted by atomic mass is 16.5. The minimum atomic E-state index is -0.296. The number of aliphatic hydroxyl groups excluding tert-OH is 1. The van der Waals surface area contributed by atoms with Crippen LogP contribution >= 0.6 is 0 Å². The van der Waals surface area contributed by atoms with E-state index in [1.54, 1.807) is 25.7 Å². The molecule has 22 heavy (non-hydrogen) atoms. The van der Waals surface area contributed by atoms with Crippen molar-refractivity contribution in [2.45, 2.75) is 19.1 Å². The van der Waals surface area contributed by atoms with E-state index in [1.165, 1.54) is 5.56 Å². The van der Waals surface area contributed by atoms with Crippen LogP contribution in [0.1, 0.15) is 11.1 Å². The maximum atomic E-state index is 10.3. The summed E-state index contributed by atoms with van der Waals surface area (Å²) < 4.78 is 5.30. The lowest BCUT2D eigenvalue weighted by Gasteiger charge is -2.17. The highest BCUT2D eigenvalue weighted by Gasteiger charge is 2.31. The minimum absolute atomic E-state index is 0.255. The number of aliphatic hydroxyl groups is 1. The summed E-state index contributed by atoms with van der Waals surface area (Å²) in [4.78, 5) is 10.5. The molecule has 0 bridgehead atoms. The van der Waals surface area contributed by atoms with Gasteiger partial charge in [-0.2, -0.15) is 0 Å². The fraction of sp³-hybridized carbons (Fsp3) is 0.412. The third kappa shape index (κ3) is 3.43. The second kappa shape index (κ2) is 6.85. The van der Waals surface area contributed by atoms with Gasteiger partial charge >= 0.3 is 0 Å². The maximum Gasteiger partial charge on any atom is 0.217 e. The van der Waals surface area contributed by atoms with Crippen LogP contribution in [0.3, 0.4) is 0 Å². The fourth-order valence-electron chi connectivity index (χ4n) is 3.06. The molecule has 5 heteroatoms. The Hall–Kier alpha value is -1.98.